The average Bonchev–Trinajstić information content (AvgIpc) is 2.60. The van der Waals surface area contributed by atoms with Gasteiger partial charge in [0.15, 0.2) is 0 Å². The topological polar surface area (TPSA) is 75.2 Å². The van der Waals surface area contributed by atoms with E-state index in [1.165, 1.54) is 0 Å². The largest absolute Gasteiger partial charge is 0.477 e. The van der Waals surface area contributed by atoms with Crippen molar-refractivity contribution in [3.05, 3.63) is 17.0 Å². The molecule has 0 aromatic carbocycles. The molecule has 1 aromatic heterocycles. The number of H-pyrrole nitrogens is 1. The second-order valence-electron chi connectivity index (χ2n) is 4.48. The smallest absolute Gasteiger partial charge is 0.354 e. The van der Waals surface area contributed by atoms with E-state index in [-0.39, 0.29) is 5.69 Å². The summed E-state index contributed by atoms with van der Waals surface area (Å²) >= 11 is 0. The molecule has 5 heteroatoms. The summed E-state index contributed by atoms with van der Waals surface area (Å²) in [5, 5.41) is 15.7. The average molecular weight is 222 g/mol. The van der Waals surface area contributed by atoms with Crippen LogP contribution in [-0.4, -0.2) is 34.5 Å². The van der Waals surface area contributed by atoms with Gasteiger partial charge >= 0.3 is 5.97 Å². The van der Waals surface area contributed by atoms with Gasteiger partial charge in [-0.25, -0.2) is 4.79 Å². The van der Waals surface area contributed by atoms with Crippen molar-refractivity contribution in [3.63, 3.8) is 0 Å². The Balaban J connectivity index is 1.78. The summed E-state index contributed by atoms with van der Waals surface area (Å²) in [7, 11) is 0. The number of ether oxygens (including phenoxy) is 1. The number of aromatic amines is 1. The fourth-order valence-electron chi connectivity index (χ4n) is 2.88. The number of aromatic carboxylic acids is 1. The molecule has 2 N–H and O–H groups in total. The summed E-state index contributed by atoms with van der Waals surface area (Å²) in [4.78, 5) is 10.9. The number of nitrogens with zero attached hydrogens (tertiary/aromatic N) is 1. The lowest BCUT2D eigenvalue weighted by Gasteiger charge is -2.03. The molecule has 0 radical (unpaired) electrons. The van der Waals surface area contributed by atoms with Crippen molar-refractivity contribution in [2.75, 3.05) is 13.2 Å². The van der Waals surface area contributed by atoms with Gasteiger partial charge < -0.3 is 9.84 Å². The Hall–Kier alpha value is -1.36. The first-order valence-electron chi connectivity index (χ1n) is 5.62. The van der Waals surface area contributed by atoms with E-state index in [0.29, 0.717) is 17.8 Å². The van der Waals surface area contributed by atoms with Crippen molar-refractivity contribution in [1.82, 2.24) is 10.2 Å². The van der Waals surface area contributed by atoms with Gasteiger partial charge in [0.25, 0.3) is 0 Å². The standard InChI is InChI=1S/C11H14N2O3/c1-2-16-4-7-5-3-6-9(8(5)7)12-13-10(6)11(14)15/h5,7-8H,2-4H2,1H3,(H,12,13)(H,14,15)/t5-,7?,8-/m1/s1. The molecule has 1 fully saturated rings. The number of carboxylic acid groups (broad SMARTS) is 1. The molecule has 0 amide bonds. The minimum absolute atomic E-state index is 0.275. The molecule has 1 aromatic rings. The molecule has 1 unspecified atom stereocenters. The van der Waals surface area contributed by atoms with Gasteiger partial charge in [-0.3, -0.25) is 5.10 Å². The zero-order chi connectivity index (χ0) is 11.3. The minimum Gasteiger partial charge on any atom is -0.477 e. The number of rotatable bonds is 4. The molecule has 2 aliphatic rings. The third-order valence-corrected chi connectivity index (χ3v) is 3.71. The molecule has 5 nitrogen and oxygen atoms in total. The van der Waals surface area contributed by atoms with Crippen LogP contribution in [0.4, 0.5) is 0 Å². The predicted molar refractivity (Wildman–Crippen MR) is 55.5 cm³/mol. The third kappa shape index (κ3) is 1.21. The lowest BCUT2D eigenvalue weighted by Crippen LogP contribution is -2.05. The van der Waals surface area contributed by atoms with E-state index in [0.717, 1.165) is 30.9 Å². The summed E-state index contributed by atoms with van der Waals surface area (Å²) in [6.07, 6.45) is 0.843. The second kappa shape index (κ2) is 3.31. The maximum atomic E-state index is 10.9. The van der Waals surface area contributed by atoms with Gasteiger partial charge in [0.2, 0.25) is 0 Å². The summed E-state index contributed by atoms with van der Waals surface area (Å²) in [5.74, 6) is 0.649. The van der Waals surface area contributed by atoms with Crippen molar-refractivity contribution in [2.24, 2.45) is 11.8 Å². The zero-order valence-corrected chi connectivity index (χ0v) is 9.06. The highest BCUT2D eigenvalue weighted by Crippen LogP contribution is 2.61. The monoisotopic (exact) mass is 222 g/mol. The third-order valence-electron chi connectivity index (χ3n) is 3.71. The van der Waals surface area contributed by atoms with E-state index in [1.54, 1.807) is 0 Å². The first-order valence-corrected chi connectivity index (χ1v) is 5.62. The van der Waals surface area contributed by atoms with Crippen molar-refractivity contribution >= 4 is 5.97 Å². The highest BCUT2D eigenvalue weighted by molar-refractivity contribution is 5.87. The number of hydrogen-bond donors (Lipinski definition) is 2. The molecule has 3 rings (SSSR count). The quantitative estimate of drug-likeness (QED) is 0.797. The number of fused-ring (bicyclic) bond motifs is 3. The molecule has 86 valence electrons. The number of carboxylic acids is 1. The van der Waals surface area contributed by atoms with Gasteiger partial charge in [0.1, 0.15) is 5.69 Å². The molecular formula is C11H14N2O3. The van der Waals surface area contributed by atoms with Gasteiger partial charge in [-0.1, -0.05) is 0 Å². The van der Waals surface area contributed by atoms with Crippen LogP contribution in [0.5, 0.6) is 0 Å². The highest BCUT2D eigenvalue weighted by atomic mass is 16.5. The van der Waals surface area contributed by atoms with E-state index >= 15 is 0 Å². The molecule has 2 aliphatic carbocycles. The molecule has 1 saturated carbocycles. The first-order chi connectivity index (χ1) is 7.74. The number of aromatic nitrogens is 2. The van der Waals surface area contributed by atoms with Crippen molar-refractivity contribution in [1.29, 1.82) is 0 Å². The van der Waals surface area contributed by atoms with Crippen LogP contribution in [0.1, 0.15) is 34.6 Å². The normalized spacial score (nSPS) is 29.9. The van der Waals surface area contributed by atoms with E-state index in [9.17, 15) is 4.79 Å². The fourth-order valence-corrected chi connectivity index (χ4v) is 2.88. The van der Waals surface area contributed by atoms with Gasteiger partial charge in [-0.05, 0) is 25.2 Å². The molecule has 1 heterocycles. The van der Waals surface area contributed by atoms with E-state index < -0.39 is 5.97 Å². The van der Waals surface area contributed by atoms with Crippen LogP contribution in [-0.2, 0) is 11.2 Å². The summed E-state index contributed by atoms with van der Waals surface area (Å²) < 4.78 is 5.41. The van der Waals surface area contributed by atoms with Crippen LogP contribution < -0.4 is 0 Å². The van der Waals surface area contributed by atoms with Crippen LogP contribution >= 0.6 is 0 Å². The fraction of sp³-hybridized carbons (Fsp3) is 0.636. The highest BCUT2D eigenvalue weighted by Gasteiger charge is 2.58. The van der Waals surface area contributed by atoms with Crippen LogP contribution in [0.15, 0.2) is 0 Å². The Kier molecular flexibility index (Phi) is 2.04. The number of hydrogen-bond acceptors (Lipinski definition) is 3. The lowest BCUT2D eigenvalue weighted by molar-refractivity contribution is 0.0689. The van der Waals surface area contributed by atoms with Gasteiger partial charge in [-0.15, -0.1) is 0 Å². The second-order valence-corrected chi connectivity index (χ2v) is 4.48. The molecule has 0 bridgehead atoms. The van der Waals surface area contributed by atoms with Crippen LogP contribution in [0.3, 0.4) is 0 Å². The van der Waals surface area contributed by atoms with Crippen molar-refractivity contribution in [3.8, 4) is 0 Å². The van der Waals surface area contributed by atoms with E-state index in [2.05, 4.69) is 10.2 Å². The molecule has 16 heavy (non-hydrogen) atoms. The number of nitrogens with one attached hydrogen (secondary N) is 1. The van der Waals surface area contributed by atoms with Crippen LogP contribution in [0.2, 0.25) is 0 Å². The van der Waals surface area contributed by atoms with Crippen molar-refractivity contribution in [2.45, 2.75) is 19.3 Å². The van der Waals surface area contributed by atoms with Crippen LogP contribution in [0, 0.1) is 11.8 Å². The molecule has 0 aliphatic heterocycles. The maximum absolute atomic E-state index is 10.9. The Labute approximate surface area is 92.8 Å². The Bertz CT molecular complexity index is 440. The maximum Gasteiger partial charge on any atom is 0.354 e. The Morgan fingerprint density at radius 2 is 2.50 bits per heavy atom. The van der Waals surface area contributed by atoms with Crippen LogP contribution in [0.25, 0.3) is 0 Å². The van der Waals surface area contributed by atoms with Gasteiger partial charge in [0, 0.05) is 18.1 Å². The van der Waals surface area contributed by atoms with E-state index in [1.807, 2.05) is 6.92 Å². The Morgan fingerprint density at radius 3 is 3.19 bits per heavy atom. The Morgan fingerprint density at radius 1 is 1.69 bits per heavy atom. The SMILES string of the molecule is CCOCC1[C@H]2Cc3c(n[nH]c3C(=O)O)[C@@H]12. The molecule has 0 spiro atoms. The summed E-state index contributed by atoms with van der Waals surface area (Å²) in [6, 6.07) is 0. The zero-order valence-electron chi connectivity index (χ0n) is 9.06. The van der Waals surface area contributed by atoms with Gasteiger partial charge in [0.05, 0.1) is 12.3 Å². The lowest BCUT2D eigenvalue weighted by atomic mass is 10.1. The summed E-state index contributed by atoms with van der Waals surface area (Å²) in [6.45, 7) is 3.50. The molecule has 3 atom stereocenters. The molecular weight excluding hydrogens is 208 g/mol. The first kappa shape index (κ1) is 9.84. The minimum atomic E-state index is -0.906. The number of carbonyl (C=O) groups is 1. The summed E-state index contributed by atoms with van der Waals surface area (Å²) in [5.41, 5.74) is 2.15. The predicted octanol–water partition coefficient (Wildman–Crippen LogP) is 1.03. The van der Waals surface area contributed by atoms with Crippen molar-refractivity contribution < 1.29 is 14.6 Å². The molecule has 0 saturated heterocycles. The van der Waals surface area contributed by atoms with E-state index in [4.69, 9.17) is 9.84 Å². The van der Waals surface area contributed by atoms with Gasteiger partial charge in [-0.2, -0.15) is 5.10 Å².